The molecule has 0 radical (unpaired) electrons. The smallest absolute Gasteiger partial charge is 0.239 e. The normalized spacial score (nSPS) is 10.5. The van der Waals surface area contributed by atoms with Gasteiger partial charge in [0.2, 0.25) is 5.95 Å². The monoisotopic (exact) mass is 326 g/mol. The Labute approximate surface area is 139 Å². The molecule has 0 fully saturated rings. The Hall–Kier alpha value is -2.05. The van der Waals surface area contributed by atoms with Gasteiger partial charge in [-0.05, 0) is 30.5 Å². The first-order chi connectivity index (χ1) is 10.8. The molecule has 110 valence electrons. The van der Waals surface area contributed by atoms with Crippen LogP contribution in [-0.2, 0) is 0 Å². The summed E-state index contributed by atoms with van der Waals surface area (Å²) in [5.74, 6) is 0.557. The van der Waals surface area contributed by atoms with Crippen LogP contribution in [0.15, 0.2) is 71.0 Å². The van der Waals surface area contributed by atoms with Crippen LogP contribution in [-0.4, -0.2) is 21.2 Å². The second kappa shape index (κ2) is 6.81. The minimum absolute atomic E-state index is 0.409. The summed E-state index contributed by atoms with van der Waals surface area (Å²) < 4.78 is 0. The van der Waals surface area contributed by atoms with Crippen LogP contribution in [0.3, 0.4) is 0 Å². The summed E-state index contributed by atoms with van der Waals surface area (Å²) in [5.41, 5.74) is 1.97. The Balaban J connectivity index is 2.16. The Morgan fingerprint density at radius 1 is 0.818 bits per heavy atom. The van der Waals surface area contributed by atoms with Crippen molar-refractivity contribution >= 4 is 41.7 Å². The maximum absolute atomic E-state index is 4.52. The number of para-hydroxylation sites is 2. The highest BCUT2D eigenvalue weighted by Crippen LogP contribution is 2.32. The van der Waals surface area contributed by atoms with Crippen molar-refractivity contribution < 1.29 is 0 Å². The third-order valence-corrected chi connectivity index (χ3v) is 3.75. The minimum Gasteiger partial charge on any atom is -0.279 e. The molecule has 1 aromatic heterocycles. The highest BCUT2D eigenvalue weighted by atomic mass is 32.2. The van der Waals surface area contributed by atoms with E-state index in [1.807, 2.05) is 71.8 Å². The summed E-state index contributed by atoms with van der Waals surface area (Å²) in [7, 11) is 0. The third-order valence-electron chi connectivity index (χ3n) is 3.00. The summed E-state index contributed by atoms with van der Waals surface area (Å²) in [6, 6.07) is 20.0. The maximum atomic E-state index is 4.52. The average Bonchev–Trinajstić information content (AvgIpc) is 2.56. The molecule has 0 N–H and O–H groups in total. The van der Waals surface area contributed by atoms with E-state index in [0.717, 1.165) is 11.4 Å². The Morgan fingerprint density at radius 2 is 1.36 bits per heavy atom. The zero-order valence-corrected chi connectivity index (χ0v) is 13.6. The summed E-state index contributed by atoms with van der Waals surface area (Å²) in [4.78, 5) is 15.1. The van der Waals surface area contributed by atoms with Gasteiger partial charge in [-0.3, -0.25) is 4.90 Å². The molecule has 0 amide bonds. The zero-order valence-electron chi connectivity index (χ0n) is 11.9. The van der Waals surface area contributed by atoms with Crippen LogP contribution >= 0.6 is 24.4 Å². The molecule has 3 rings (SSSR count). The van der Waals surface area contributed by atoms with E-state index in [4.69, 9.17) is 0 Å². The topological polar surface area (TPSA) is 41.9 Å². The van der Waals surface area contributed by atoms with Crippen molar-refractivity contribution in [3.63, 3.8) is 0 Å². The van der Waals surface area contributed by atoms with Crippen LogP contribution in [0.25, 0.3) is 0 Å². The molecule has 4 nitrogen and oxygen atoms in total. The van der Waals surface area contributed by atoms with Crippen molar-refractivity contribution in [3.8, 4) is 0 Å². The van der Waals surface area contributed by atoms with Crippen LogP contribution < -0.4 is 4.90 Å². The Morgan fingerprint density at radius 3 is 1.86 bits per heavy atom. The highest BCUT2D eigenvalue weighted by Gasteiger charge is 2.16. The molecule has 2 aromatic carbocycles. The summed E-state index contributed by atoms with van der Waals surface area (Å²) in [5, 5.41) is 1.05. The summed E-state index contributed by atoms with van der Waals surface area (Å²) in [6.45, 7) is 0. The van der Waals surface area contributed by atoms with Crippen LogP contribution in [0.2, 0.25) is 0 Å². The number of anilines is 3. The number of nitrogens with zero attached hydrogens (tertiary/aromatic N) is 4. The molecule has 0 aliphatic rings. The number of hydrogen-bond donors (Lipinski definition) is 1. The molecule has 1 heterocycles. The summed E-state index contributed by atoms with van der Waals surface area (Å²) >= 11 is 5.76. The molecule has 0 aliphatic carbocycles. The molecule has 0 saturated heterocycles. The van der Waals surface area contributed by atoms with Gasteiger partial charge in [-0.2, -0.15) is 15.0 Å². The van der Waals surface area contributed by atoms with E-state index in [9.17, 15) is 0 Å². The quantitative estimate of drug-likeness (QED) is 0.570. The van der Waals surface area contributed by atoms with E-state index < -0.39 is 0 Å². The van der Waals surface area contributed by atoms with Crippen LogP contribution in [0.5, 0.6) is 0 Å². The number of benzene rings is 2. The van der Waals surface area contributed by atoms with Gasteiger partial charge in [-0.25, -0.2) is 0 Å². The maximum Gasteiger partial charge on any atom is 0.239 e. The average molecular weight is 326 g/mol. The van der Waals surface area contributed by atoms with Crippen molar-refractivity contribution in [2.24, 2.45) is 0 Å². The molecule has 6 heteroatoms. The van der Waals surface area contributed by atoms with E-state index >= 15 is 0 Å². The first-order valence-corrected chi connectivity index (χ1v) is 8.34. The lowest BCUT2D eigenvalue weighted by Gasteiger charge is -2.23. The minimum atomic E-state index is 0.409. The van der Waals surface area contributed by atoms with Crippen LogP contribution in [0.1, 0.15) is 0 Å². The van der Waals surface area contributed by atoms with E-state index in [0.29, 0.717) is 16.3 Å². The van der Waals surface area contributed by atoms with E-state index in [1.165, 1.54) is 11.8 Å². The third kappa shape index (κ3) is 3.23. The first-order valence-electron chi connectivity index (χ1n) is 6.67. The lowest BCUT2D eigenvalue weighted by molar-refractivity contribution is 0.800. The SMILES string of the molecule is CSc1nc(S)nc(N(c2ccccc2)c2ccccc2)n1. The van der Waals surface area contributed by atoms with Crippen molar-refractivity contribution in [2.45, 2.75) is 10.3 Å². The molecular formula is C16H14N4S2. The fourth-order valence-electron chi connectivity index (χ4n) is 2.06. The van der Waals surface area contributed by atoms with Gasteiger partial charge in [0.1, 0.15) is 0 Å². The number of aromatic nitrogens is 3. The van der Waals surface area contributed by atoms with Gasteiger partial charge < -0.3 is 0 Å². The lowest BCUT2D eigenvalue weighted by Crippen LogP contribution is -2.14. The molecule has 0 saturated carbocycles. The summed E-state index contributed by atoms with van der Waals surface area (Å²) in [6.07, 6.45) is 1.93. The van der Waals surface area contributed by atoms with Crippen molar-refractivity contribution in [2.75, 3.05) is 11.2 Å². The number of hydrogen-bond acceptors (Lipinski definition) is 6. The fraction of sp³-hybridized carbons (Fsp3) is 0.0625. The molecule has 22 heavy (non-hydrogen) atoms. The fourth-order valence-corrected chi connectivity index (χ4v) is 2.66. The number of rotatable bonds is 4. The van der Waals surface area contributed by atoms with Gasteiger partial charge in [0.05, 0.1) is 0 Å². The van der Waals surface area contributed by atoms with Gasteiger partial charge in [0.15, 0.2) is 10.3 Å². The lowest BCUT2D eigenvalue weighted by atomic mass is 10.2. The number of thioether (sulfide) groups is 1. The van der Waals surface area contributed by atoms with E-state index in [1.54, 1.807) is 0 Å². The predicted octanol–water partition coefficient (Wildman–Crippen LogP) is 4.35. The van der Waals surface area contributed by atoms with Gasteiger partial charge in [-0.1, -0.05) is 48.2 Å². The van der Waals surface area contributed by atoms with Crippen LogP contribution in [0.4, 0.5) is 17.3 Å². The van der Waals surface area contributed by atoms with E-state index in [2.05, 4.69) is 27.6 Å². The molecule has 3 aromatic rings. The molecule has 0 spiro atoms. The second-order valence-corrected chi connectivity index (χ2v) is 5.60. The van der Waals surface area contributed by atoms with Crippen molar-refractivity contribution in [1.29, 1.82) is 0 Å². The van der Waals surface area contributed by atoms with E-state index in [-0.39, 0.29) is 0 Å². The molecule has 0 atom stereocenters. The van der Waals surface area contributed by atoms with Gasteiger partial charge >= 0.3 is 0 Å². The van der Waals surface area contributed by atoms with Crippen molar-refractivity contribution in [3.05, 3.63) is 60.7 Å². The largest absolute Gasteiger partial charge is 0.279 e. The molecule has 0 unspecified atom stereocenters. The first kappa shape index (κ1) is 14.9. The second-order valence-electron chi connectivity index (χ2n) is 4.43. The molecule has 0 aliphatic heterocycles. The van der Waals surface area contributed by atoms with Gasteiger partial charge in [0.25, 0.3) is 0 Å². The van der Waals surface area contributed by atoms with Crippen molar-refractivity contribution in [1.82, 2.24) is 15.0 Å². The standard InChI is InChI=1S/C16H14N4S2/c1-22-16-18-14(17-15(21)19-16)20(12-8-4-2-5-9-12)13-10-6-3-7-11-13/h2-11H,1H3,(H,17,18,19,21). The predicted molar refractivity (Wildman–Crippen MR) is 93.5 cm³/mol. The zero-order chi connectivity index (χ0) is 15.4. The van der Waals surface area contributed by atoms with Gasteiger partial charge in [-0.15, -0.1) is 12.6 Å². The van der Waals surface area contributed by atoms with Crippen LogP contribution in [0, 0.1) is 0 Å². The Kier molecular flexibility index (Phi) is 4.60. The Bertz CT molecular complexity index is 711. The van der Waals surface area contributed by atoms with Gasteiger partial charge in [0, 0.05) is 11.4 Å². The molecular weight excluding hydrogens is 312 g/mol. The highest BCUT2D eigenvalue weighted by molar-refractivity contribution is 7.98. The molecule has 0 bridgehead atoms. The number of thiol groups is 1.